The molecule has 272 valence electrons. The third-order valence-corrected chi connectivity index (χ3v) is 7.39. The van der Waals surface area contributed by atoms with Gasteiger partial charge in [-0.2, -0.15) is 12.6 Å². The number of carbonyl (C=O) groups excluding carboxylic acids is 6. The number of carbonyl (C=O) groups is 7. The summed E-state index contributed by atoms with van der Waals surface area (Å²) in [6.07, 6.45) is 0.768. The Bertz CT molecular complexity index is 1340. The van der Waals surface area contributed by atoms with E-state index in [4.69, 9.17) is 22.3 Å². The Morgan fingerprint density at radius 2 is 1.14 bits per heavy atom. The van der Waals surface area contributed by atoms with E-state index in [2.05, 4.69) is 49.5 Å². The number of nitrogens with zero attached hydrogens (tertiary/aromatic N) is 1. The molecule has 0 heterocycles. The Labute approximate surface area is 289 Å². The highest BCUT2D eigenvalue weighted by Crippen LogP contribution is 2.06. The van der Waals surface area contributed by atoms with Gasteiger partial charge in [-0.25, -0.2) is 0 Å². The van der Waals surface area contributed by atoms with E-state index >= 15 is 0 Å². The van der Waals surface area contributed by atoms with E-state index in [1.165, 1.54) is 27.7 Å². The van der Waals surface area contributed by atoms with Crippen molar-refractivity contribution in [3.05, 3.63) is 35.9 Å². The van der Waals surface area contributed by atoms with Crippen LogP contribution in [-0.2, 0) is 40.0 Å². The van der Waals surface area contributed by atoms with Gasteiger partial charge in [-0.15, -0.1) is 0 Å². The summed E-state index contributed by atoms with van der Waals surface area (Å²) in [5, 5.41) is 23.6. The Morgan fingerprint density at radius 1 is 0.694 bits per heavy atom. The number of benzene rings is 1. The maximum atomic E-state index is 13.3. The number of guanidine groups is 1. The van der Waals surface area contributed by atoms with Gasteiger partial charge in [-0.1, -0.05) is 30.3 Å². The fourth-order valence-corrected chi connectivity index (χ4v) is 4.30. The van der Waals surface area contributed by atoms with Crippen molar-refractivity contribution in [2.75, 3.05) is 12.3 Å². The quantitative estimate of drug-likeness (QED) is 0.0275. The van der Waals surface area contributed by atoms with Crippen LogP contribution in [-0.4, -0.2) is 107 Å². The van der Waals surface area contributed by atoms with Gasteiger partial charge >= 0.3 is 5.97 Å². The summed E-state index contributed by atoms with van der Waals surface area (Å²) in [5.41, 5.74) is 17.4. The Morgan fingerprint density at radius 3 is 1.63 bits per heavy atom. The molecule has 7 atom stereocenters. The second-order valence-corrected chi connectivity index (χ2v) is 11.7. The molecule has 49 heavy (non-hydrogen) atoms. The van der Waals surface area contributed by atoms with Gasteiger partial charge in [0.1, 0.15) is 36.3 Å². The van der Waals surface area contributed by atoms with E-state index in [1.54, 1.807) is 30.3 Å². The monoisotopic (exact) mass is 708 g/mol. The van der Waals surface area contributed by atoms with Crippen molar-refractivity contribution in [1.29, 1.82) is 0 Å². The lowest BCUT2D eigenvalue weighted by atomic mass is 10.0. The molecule has 1 aromatic rings. The van der Waals surface area contributed by atoms with Gasteiger partial charge in [0, 0.05) is 18.7 Å². The van der Waals surface area contributed by atoms with Crippen molar-refractivity contribution in [3.8, 4) is 0 Å². The lowest BCUT2D eigenvalue weighted by molar-refractivity contribution is -0.141. The summed E-state index contributed by atoms with van der Waals surface area (Å²) in [7, 11) is 0. The van der Waals surface area contributed by atoms with Gasteiger partial charge in [0.05, 0.1) is 6.04 Å². The van der Waals surface area contributed by atoms with Crippen molar-refractivity contribution in [2.45, 2.75) is 89.3 Å². The number of nitrogens with one attached hydrogen (secondary N) is 6. The molecule has 0 aromatic heterocycles. The summed E-state index contributed by atoms with van der Waals surface area (Å²) in [6.45, 7) is 5.60. The van der Waals surface area contributed by atoms with Crippen LogP contribution in [0.2, 0.25) is 0 Å². The molecule has 0 spiro atoms. The highest BCUT2D eigenvalue weighted by Gasteiger charge is 2.30. The number of carboxylic acid groups (broad SMARTS) is 1. The predicted octanol–water partition coefficient (Wildman–Crippen LogP) is -3.39. The van der Waals surface area contributed by atoms with Crippen LogP contribution in [0, 0.1) is 0 Å². The first-order valence-electron chi connectivity index (χ1n) is 15.5. The van der Waals surface area contributed by atoms with Gasteiger partial charge in [0.25, 0.3) is 0 Å². The minimum atomic E-state index is -1.26. The largest absolute Gasteiger partial charge is 0.480 e. The molecular formula is C30H48N10O8S. The van der Waals surface area contributed by atoms with E-state index in [1.807, 2.05) is 0 Å². The molecular weight excluding hydrogens is 660 g/mol. The van der Waals surface area contributed by atoms with Gasteiger partial charge in [-0.05, 0) is 46.1 Å². The van der Waals surface area contributed by atoms with Crippen LogP contribution in [0.15, 0.2) is 35.3 Å². The molecule has 0 saturated carbocycles. The number of hydrogen-bond acceptors (Lipinski definition) is 10. The van der Waals surface area contributed by atoms with Crippen LogP contribution in [0.5, 0.6) is 0 Å². The zero-order valence-corrected chi connectivity index (χ0v) is 28.8. The molecule has 0 radical (unpaired) electrons. The van der Waals surface area contributed by atoms with Gasteiger partial charge in [0.2, 0.25) is 35.4 Å². The summed E-state index contributed by atoms with van der Waals surface area (Å²) in [5.74, 6) is -5.79. The molecule has 1 rings (SSSR count). The molecule has 0 unspecified atom stereocenters. The molecule has 18 nitrogen and oxygen atoms in total. The van der Waals surface area contributed by atoms with Gasteiger partial charge in [0.15, 0.2) is 5.96 Å². The molecule has 0 aliphatic heterocycles. The standard InChI is InChI=1S/C30H48N10O8S/c1-15(23(41)35-17(3)25(43)40-22(14-49)28(46)37-16(2)24(42)38-18(4)29(47)48)36-27(45)21(13-19-9-6-5-7-10-19)39-26(44)20(31)11-8-12-34-30(32)33/h5-7,9-10,15-18,20-22,49H,8,11-14,31H2,1-4H3,(H,35,41)(H,36,45)(H,37,46)(H,38,42)(H,39,44)(H,40,43)(H,47,48)(H4,32,33,34)/t15-,16-,17-,18-,20-,21-,22-/m0/s1. The third-order valence-electron chi connectivity index (χ3n) is 7.02. The predicted molar refractivity (Wildman–Crippen MR) is 184 cm³/mol. The lowest BCUT2D eigenvalue weighted by Gasteiger charge is -2.24. The van der Waals surface area contributed by atoms with Crippen LogP contribution >= 0.6 is 12.6 Å². The number of aliphatic imine (C=N–C) groups is 1. The second-order valence-electron chi connectivity index (χ2n) is 11.3. The highest BCUT2D eigenvalue weighted by atomic mass is 32.1. The topological polar surface area (TPSA) is 302 Å². The summed E-state index contributed by atoms with van der Waals surface area (Å²) < 4.78 is 0. The van der Waals surface area contributed by atoms with Crippen molar-refractivity contribution >= 4 is 60.0 Å². The minimum Gasteiger partial charge on any atom is -0.480 e. The van der Waals surface area contributed by atoms with Gasteiger partial charge in [-0.3, -0.25) is 38.6 Å². The first-order chi connectivity index (χ1) is 23.0. The maximum absolute atomic E-state index is 13.3. The molecule has 0 aliphatic carbocycles. The average molecular weight is 709 g/mol. The van der Waals surface area contributed by atoms with E-state index in [0.29, 0.717) is 6.42 Å². The molecule has 1 aromatic carbocycles. The summed E-state index contributed by atoms with van der Waals surface area (Å²) in [6, 6.07) is 0.981. The number of rotatable bonds is 20. The Kier molecular flexibility index (Phi) is 18.2. The third kappa shape index (κ3) is 15.7. The lowest BCUT2D eigenvalue weighted by Crippen LogP contribution is -2.59. The van der Waals surface area contributed by atoms with Crippen molar-refractivity contribution in [2.24, 2.45) is 22.2 Å². The zero-order chi connectivity index (χ0) is 37.3. The highest BCUT2D eigenvalue weighted by molar-refractivity contribution is 7.80. The smallest absolute Gasteiger partial charge is 0.325 e. The van der Waals surface area contributed by atoms with E-state index in [0.717, 1.165) is 5.56 Å². The first kappa shape index (κ1) is 42.1. The number of aliphatic carboxylic acids is 1. The Balaban J connectivity index is 2.81. The van der Waals surface area contributed by atoms with E-state index < -0.39 is 83.7 Å². The zero-order valence-electron chi connectivity index (χ0n) is 27.9. The van der Waals surface area contributed by atoms with Crippen LogP contribution < -0.4 is 49.1 Å². The van der Waals surface area contributed by atoms with Crippen LogP contribution in [0.1, 0.15) is 46.1 Å². The summed E-state index contributed by atoms with van der Waals surface area (Å²) >= 11 is 4.07. The number of thiol groups is 1. The van der Waals surface area contributed by atoms with Crippen molar-refractivity contribution < 1.29 is 38.7 Å². The van der Waals surface area contributed by atoms with Crippen LogP contribution in [0.25, 0.3) is 0 Å². The number of nitrogens with two attached hydrogens (primary N) is 3. The first-order valence-corrected chi connectivity index (χ1v) is 16.1. The second kappa shape index (κ2) is 21.1. The average Bonchev–Trinajstić information content (AvgIpc) is 3.04. The normalized spacial score (nSPS) is 15.0. The molecule has 6 amide bonds. The van der Waals surface area contributed by atoms with Crippen molar-refractivity contribution in [1.82, 2.24) is 31.9 Å². The molecule has 0 aliphatic rings. The van der Waals surface area contributed by atoms with Gasteiger partial charge < -0.3 is 54.2 Å². The molecule has 0 saturated heterocycles. The summed E-state index contributed by atoms with van der Waals surface area (Å²) in [4.78, 5) is 91.5. The maximum Gasteiger partial charge on any atom is 0.325 e. The number of hydrogen-bond donors (Lipinski definition) is 11. The molecule has 0 bridgehead atoms. The van der Waals surface area contributed by atoms with E-state index in [-0.39, 0.29) is 31.1 Å². The molecule has 13 N–H and O–H groups in total. The molecule has 19 heteroatoms. The SMILES string of the molecule is C[C@H](NC(=O)[C@H](C)NC(=O)[C@H](CS)NC(=O)[C@H](C)NC(=O)[C@H](C)NC(=O)[C@H](Cc1ccccc1)NC(=O)[C@@H](N)CCCN=C(N)N)C(=O)O. The van der Waals surface area contributed by atoms with Crippen LogP contribution in [0.3, 0.4) is 0 Å². The van der Waals surface area contributed by atoms with Crippen LogP contribution in [0.4, 0.5) is 0 Å². The fourth-order valence-electron chi connectivity index (χ4n) is 4.04. The number of carboxylic acids is 1. The minimum absolute atomic E-state index is 0.0838. The van der Waals surface area contributed by atoms with E-state index in [9.17, 15) is 33.6 Å². The number of amides is 6. The molecule has 0 fully saturated rings. The Hall–Kier alpha value is -4.91. The van der Waals surface area contributed by atoms with Crippen molar-refractivity contribution in [3.63, 3.8) is 0 Å². The fraction of sp³-hybridized carbons (Fsp3) is 0.533.